The van der Waals surface area contributed by atoms with E-state index in [1.807, 2.05) is 18.2 Å². The summed E-state index contributed by atoms with van der Waals surface area (Å²) in [6, 6.07) is 13.4. The fourth-order valence-corrected chi connectivity index (χ4v) is 3.55. The van der Waals surface area contributed by atoms with Crippen LogP contribution in [0.1, 0.15) is 0 Å². The summed E-state index contributed by atoms with van der Waals surface area (Å²) < 4.78 is 25.1. The summed E-state index contributed by atoms with van der Waals surface area (Å²) >= 11 is 0. The van der Waals surface area contributed by atoms with Gasteiger partial charge in [-0.15, -0.1) is 0 Å². The molecule has 0 aromatic heterocycles. The third-order valence-corrected chi connectivity index (χ3v) is 5.12. The lowest BCUT2D eigenvalue weighted by Crippen LogP contribution is -3.15. The van der Waals surface area contributed by atoms with Crippen molar-refractivity contribution in [3.63, 3.8) is 0 Å². The van der Waals surface area contributed by atoms with Gasteiger partial charge in [0.05, 0.1) is 31.9 Å². The minimum Gasteiger partial charge on any atom is -0.485 e. The zero-order valence-corrected chi connectivity index (χ0v) is 15.9. The lowest BCUT2D eigenvalue weighted by atomic mass is 10.2. The van der Waals surface area contributed by atoms with Crippen LogP contribution in [0.4, 0.5) is 10.1 Å². The Bertz CT molecular complexity index is 899. The van der Waals surface area contributed by atoms with Gasteiger partial charge in [0.15, 0.2) is 18.0 Å². The second kappa shape index (κ2) is 8.48. The molecule has 0 radical (unpaired) electrons. The fraction of sp³-hybridized carbons (Fsp3) is 0.333. The van der Waals surface area contributed by atoms with Gasteiger partial charge in [-0.05, 0) is 24.3 Å². The fourth-order valence-electron chi connectivity index (χ4n) is 3.55. The second-order valence-corrected chi connectivity index (χ2v) is 7.14. The summed E-state index contributed by atoms with van der Waals surface area (Å²) in [7, 11) is 0. The Hall–Kier alpha value is -3.13. The third-order valence-electron chi connectivity index (χ3n) is 5.12. The van der Waals surface area contributed by atoms with Crippen LogP contribution in [0.15, 0.2) is 48.5 Å². The van der Waals surface area contributed by atoms with Gasteiger partial charge in [0.25, 0.3) is 11.8 Å². The van der Waals surface area contributed by atoms with Crippen molar-refractivity contribution in [3.05, 3.63) is 54.3 Å². The van der Waals surface area contributed by atoms with Crippen molar-refractivity contribution in [1.29, 1.82) is 0 Å². The normalized spacial score (nSPS) is 18.9. The zero-order valence-electron chi connectivity index (χ0n) is 15.9. The van der Waals surface area contributed by atoms with Crippen molar-refractivity contribution in [2.24, 2.45) is 0 Å². The SMILES string of the molecule is O=C(C[NH+]1CCN(C(=O)[C@@H]2COc3ccccc3O2)CC1)Nc1ccccc1F. The van der Waals surface area contributed by atoms with E-state index in [9.17, 15) is 14.0 Å². The molecule has 0 unspecified atom stereocenters. The van der Waals surface area contributed by atoms with E-state index in [0.717, 1.165) is 4.90 Å². The molecule has 2 aromatic carbocycles. The molecule has 7 nitrogen and oxygen atoms in total. The van der Waals surface area contributed by atoms with Gasteiger partial charge in [0.1, 0.15) is 12.4 Å². The van der Waals surface area contributed by atoms with E-state index in [-0.39, 0.29) is 30.7 Å². The Balaban J connectivity index is 1.26. The van der Waals surface area contributed by atoms with Gasteiger partial charge < -0.3 is 24.6 Å². The van der Waals surface area contributed by atoms with Crippen molar-refractivity contribution in [2.45, 2.75) is 6.10 Å². The van der Waals surface area contributed by atoms with E-state index >= 15 is 0 Å². The average Bonchev–Trinajstić information content (AvgIpc) is 2.75. The van der Waals surface area contributed by atoms with Crippen molar-refractivity contribution in [1.82, 2.24) is 4.90 Å². The molecule has 0 aliphatic carbocycles. The number of anilines is 1. The highest BCUT2D eigenvalue weighted by Gasteiger charge is 2.34. The monoisotopic (exact) mass is 400 g/mol. The molecule has 2 aliphatic rings. The topological polar surface area (TPSA) is 72.3 Å². The minimum atomic E-state index is -0.657. The predicted molar refractivity (Wildman–Crippen MR) is 104 cm³/mol. The zero-order chi connectivity index (χ0) is 20.2. The highest BCUT2D eigenvalue weighted by Crippen LogP contribution is 2.31. The molecule has 0 bridgehead atoms. The van der Waals surface area contributed by atoms with Crippen LogP contribution in [0.25, 0.3) is 0 Å². The Morgan fingerprint density at radius 1 is 1.07 bits per heavy atom. The first-order chi connectivity index (χ1) is 14.1. The first-order valence-corrected chi connectivity index (χ1v) is 9.65. The number of amides is 2. The molecule has 2 aliphatic heterocycles. The number of hydrogen-bond donors (Lipinski definition) is 2. The first-order valence-electron chi connectivity index (χ1n) is 9.65. The lowest BCUT2D eigenvalue weighted by Gasteiger charge is -2.35. The van der Waals surface area contributed by atoms with E-state index < -0.39 is 11.9 Å². The number of nitrogens with zero attached hydrogens (tertiary/aromatic N) is 1. The van der Waals surface area contributed by atoms with E-state index in [2.05, 4.69) is 5.32 Å². The number of carbonyl (C=O) groups excluding carboxylic acids is 2. The van der Waals surface area contributed by atoms with E-state index in [4.69, 9.17) is 9.47 Å². The molecule has 152 valence electrons. The number of piperazine rings is 1. The van der Waals surface area contributed by atoms with Crippen LogP contribution in [0.2, 0.25) is 0 Å². The van der Waals surface area contributed by atoms with E-state index in [0.29, 0.717) is 37.7 Å². The Morgan fingerprint density at radius 3 is 2.52 bits per heavy atom. The van der Waals surface area contributed by atoms with Gasteiger partial charge in [-0.1, -0.05) is 24.3 Å². The number of quaternary nitrogens is 1. The highest BCUT2D eigenvalue weighted by atomic mass is 19.1. The molecular weight excluding hydrogens is 377 g/mol. The van der Waals surface area contributed by atoms with Crippen LogP contribution < -0.4 is 19.7 Å². The van der Waals surface area contributed by atoms with Crippen LogP contribution in [0, 0.1) is 5.82 Å². The standard InChI is InChI=1S/C21H22FN3O4/c22-15-5-1-2-6-16(15)23-20(26)13-24-9-11-25(12-10-24)21(27)19-14-28-17-7-3-4-8-18(17)29-19/h1-8,19H,9-14H2,(H,23,26)/p+1/t19-/m0/s1. The highest BCUT2D eigenvalue weighted by molar-refractivity contribution is 5.91. The van der Waals surface area contributed by atoms with Crippen LogP contribution in [-0.2, 0) is 9.59 Å². The van der Waals surface area contributed by atoms with Gasteiger partial charge in [0.2, 0.25) is 6.10 Å². The maximum atomic E-state index is 13.7. The number of nitrogens with one attached hydrogen (secondary N) is 2. The first kappa shape index (κ1) is 19.2. The Morgan fingerprint density at radius 2 is 1.76 bits per heavy atom. The molecule has 2 N–H and O–H groups in total. The summed E-state index contributed by atoms with van der Waals surface area (Å²) in [6.07, 6.45) is -0.657. The number of para-hydroxylation sites is 3. The Labute approximate surface area is 168 Å². The molecule has 0 saturated carbocycles. The van der Waals surface area contributed by atoms with Gasteiger partial charge in [-0.25, -0.2) is 4.39 Å². The summed E-state index contributed by atoms with van der Waals surface area (Å²) in [5.74, 6) is 0.417. The van der Waals surface area contributed by atoms with Crippen LogP contribution in [0.3, 0.4) is 0 Å². The Kier molecular flexibility index (Phi) is 5.62. The molecule has 8 heteroatoms. The number of ether oxygens (including phenoxy) is 2. The van der Waals surface area contributed by atoms with Gasteiger partial charge >= 0.3 is 0 Å². The number of fused-ring (bicyclic) bond motifs is 1. The van der Waals surface area contributed by atoms with Crippen LogP contribution in [0.5, 0.6) is 11.5 Å². The number of halogens is 1. The predicted octanol–water partition coefficient (Wildman–Crippen LogP) is 0.331. The largest absolute Gasteiger partial charge is 0.485 e. The van der Waals surface area contributed by atoms with Crippen LogP contribution >= 0.6 is 0 Å². The molecule has 1 atom stereocenters. The van der Waals surface area contributed by atoms with Crippen molar-refractivity contribution >= 4 is 17.5 Å². The smallest absolute Gasteiger partial charge is 0.279 e. The lowest BCUT2D eigenvalue weighted by molar-refractivity contribution is -0.895. The molecule has 1 saturated heterocycles. The van der Waals surface area contributed by atoms with Gasteiger partial charge in [-0.3, -0.25) is 9.59 Å². The molecule has 2 amide bonds. The summed E-state index contributed by atoms with van der Waals surface area (Å²) in [6.45, 7) is 2.76. The third kappa shape index (κ3) is 4.48. The number of benzene rings is 2. The van der Waals surface area contributed by atoms with Crippen molar-refractivity contribution in [2.75, 3.05) is 44.6 Å². The molecule has 0 spiro atoms. The van der Waals surface area contributed by atoms with E-state index in [1.54, 1.807) is 23.1 Å². The summed E-state index contributed by atoms with van der Waals surface area (Å²) in [5, 5.41) is 2.60. The maximum Gasteiger partial charge on any atom is 0.279 e. The van der Waals surface area contributed by atoms with Crippen molar-refractivity contribution in [3.8, 4) is 11.5 Å². The van der Waals surface area contributed by atoms with Crippen LogP contribution in [-0.4, -0.2) is 62.1 Å². The number of rotatable bonds is 4. The second-order valence-electron chi connectivity index (χ2n) is 7.14. The van der Waals surface area contributed by atoms with E-state index in [1.165, 1.54) is 12.1 Å². The summed E-state index contributed by atoms with van der Waals surface area (Å²) in [4.78, 5) is 27.8. The molecular formula is C21H23FN3O4+. The van der Waals surface area contributed by atoms with Gasteiger partial charge in [-0.2, -0.15) is 0 Å². The average molecular weight is 400 g/mol. The maximum absolute atomic E-state index is 13.7. The minimum absolute atomic E-state index is 0.102. The number of carbonyl (C=O) groups is 2. The molecule has 2 heterocycles. The molecule has 29 heavy (non-hydrogen) atoms. The molecule has 1 fully saturated rings. The number of hydrogen-bond acceptors (Lipinski definition) is 4. The molecule has 4 rings (SSSR count). The summed E-state index contributed by atoms with van der Waals surface area (Å²) in [5.41, 5.74) is 0.181. The molecule has 2 aromatic rings. The van der Waals surface area contributed by atoms with Gasteiger partial charge in [0, 0.05) is 0 Å². The van der Waals surface area contributed by atoms with Crippen molar-refractivity contribution < 1.29 is 28.4 Å². The quantitative estimate of drug-likeness (QED) is 0.776.